The normalized spacial score (nSPS) is 17.6. The largest absolute Gasteiger partial charge is 0.494 e. The molecule has 1 aliphatic heterocycles. The fourth-order valence-electron chi connectivity index (χ4n) is 2.79. The number of rotatable bonds is 4. The number of carbonyl (C=O) groups excluding carboxylic acids is 1. The number of hydrogen-bond acceptors (Lipinski definition) is 3. The van der Waals surface area contributed by atoms with E-state index in [0.717, 1.165) is 11.3 Å². The molecule has 0 bridgehead atoms. The molecule has 4 nitrogen and oxygen atoms in total. The van der Waals surface area contributed by atoms with Gasteiger partial charge in [-0.1, -0.05) is 12.1 Å². The fourth-order valence-corrected chi connectivity index (χ4v) is 2.79. The average molecular weight is 329 g/mol. The second kappa shape index (κ2) is 7.45. The molecule has 1 amide bonds. The second-order valence-corrected chi connectivity index (χ2v) is 5.62. The summed E-state index contributed by atoms with van der Waals surface area (Å²) >= 11 is 0. The van der Waals surface area contributed by atoms with Crippen LogP contribution in [0.5, 0.6) is 5.75 Å². The maximum Gasteiger partial charge on any atom is 0.254 e. The standard InChI is InChI=1S/C19H20FNO3/c1-2-23-17-8-6-14(7-9-17)19(22)21-10-11-24-18(13-21)15-4-3-5-16(20)12-15/h3-9,12,18H,2,10-11,13H2,1H3. The van der Waals surface area contributed by atoms with E-state index >= 15 is 0 Å². The quantitative estimate of drug-likeness (QED) is 0.862. The second-order valence-electron chi connectivity index (χ2n) is 5.62. The van der Waals surface area contributed by atoms with E-state index < -0.39 is 0 Å². The minimum atomic E-state index is -0.305. The van der Waals surface area contributed by atoms with Gasteiger partial charge in [0.1, 0.15) is 17.7 Å². The molecule has 1 saturated heterocycles. The summed E-state index contributed by atoms with van der Waals surface area (Å²) in [5.74, 6) is 0.391. The molecule has 5 heteroatoms. The van der Waals surface area contributed by atoms with E-state index in [2.05, 4.69) is 0 Å². The summed E-state index contributed by atoms with van der Waals surface area (Å²) in [5.41, 5.74) is 1.36. The lowest BCUT2D eigenvalue weighted by molar-refractivity contribution is -0.0229. The first kappa shape index (κ1) is 16.5. The molecule has 1 unspecified atom stereocenters. The third-order valence-corrected chi connectivity index (χ3v) is 3.99. The number of morpholine rings is 1. The lowest BCUT2D eigenvalue weighted by atomic mass is 10.1. The molecule has 3 rings (SSSR count). The Morgan fingerprint density at radius 2 is 2.08 bits per heavy atom. The van der Waals surface area contributed by atoms with Gasteiger partial charge in [-0.05, 0) is 48.9 Å². The first-order chi connectivity index (χ1) is 11.7. The number of ether oxygens (including phenoxy) is 2. The van der Waals surface area contributed by atoms with Crippen LogP contribution in [0, 0.1) is 5.82 Å². The predicted molar refractivity (Wildman–Crippen MR) is 88.6 cm³/mol. The Balaban J connectivity index is 1.70. The summed E-state index contributed by atoms with van der Waals surface area (Å²) in [4.78, 5) is 14.4. The number of carbonyl (C=O) groups is 1. The molecule has 1 heterocycles. The van der Waals surface area contributed by atoms with Crippen molar-refractivity contribution in [3.05, 3.63) is 65.5 Å². The van der Waals surface area contributed by atoms with Crippen LogP contribution in [0.25, 0.3) is 0 Å². The number of halogens is 1. The average Bonchev–Trinajstić information content (AvgIpc) is 2.62. The van der Waals surface area contributed by atoms with Gasteiger partial charge in [0.25, 0.3) is 5.91 Å². The molecule has 0 spiro atoms. The lowest BCUT2D eigenvalue weighted by Crippen LogP contribution is -2.42. The van der Waals surface area contributed by atoms with Gasteiger partial charge in [0.2, 0.25) is 0 Å². The summed E-state index contributed by atoms with van der Waals surface area (Å²) < 4.78 is 24.5. The van der Waals surface area contributed by atoms with E-state index in [4.69, 9.17) is 9.47 Å². The van der Waals surface area contributed by atoms with E-state index in [1.54, 1.807) is 35.2 Å². The molecule has 0 aromatic heterocycles. The van der Waals surface area contributed by atoms with Crippen molar-refractivity contribution in [3.63, 3.8) is 0 Å². The zero-order chi connectivity index (χ0) is 16.9. The zero-order valence-corrected chi connectivity index (χ0v) is 13.6. The van der Waals surface area contributed by atoms with E-state index in [0.29, 0.717) is 31.9 Å². The van der Waals surface area contributed by atoms with Gasteiger partial charge in [0, 0.05) is 12.1 Å². The SMILES string of the molecule is CCOc1ccc(C(=O)N2CCOC(c3cccc(F)c3)C2)cc1. The lowest BCUT2D eigenvalue weighted by Gasteiger charge is -2.33. The van der Waals surface area contributed by atoms with Crippen molar-refractivity contribution in [1.29, 1.82) is 0 Å². The maximum absolute atomic E-state index is 13.4. The molecule has 2 aromatic carbocycles. The van der Waals surface area contributed by atoms with E-state index in [-0.39, 0.29) is 17.8 Å². The van der Waals surface area contributed by atoms with Crippen molar-refractivity contribution in [2.75, 3.05) is 26.3 Å². The monoisotopic (exact) mass is 329 g/mol. The number of benzene rings is 2. The Morgan fingerprint density at radius 3 is 2.79 bits per heavy atom. The van der Waals surface area contributed by atoms with Crippen molar-refractivity contribution in [2.24, 2.45) is 0 Å². The number of amides is 1. The number of nitrogens with zero attached hydrogens (tertiary/aromatic N) is 1. The van der Waals surface area contributed by atoms with Gasteiger partial charge in [-0.2, -0.15) is 0 Å². The van der Waals surface area contributed by atoms with E-state index in [1.165, 1.54) is 12.1 Å². The molecule has 0 radical (unpaired) electrons. The number of hydrogen-bond donors (Lipinski definition) is 0. The Kier molecular flexibility index (Phi) is 5.11. The van der Waals surface area contributed by atoms with E-state index in [1.807, 2.05) is 13.0 Å². The van der Waals surface area contributed by atoms with Crippen molar-refractivity contribution in [3.8, 4) is 5.75 Å². The van der Waals surface area contributed by atoms with Crippen LogP contribution >= 0.6 is 0 Å². The maximum atomic E-state index is 13.4. The van der Waals surface area contributed by atoms with Crippen LogP contribution in [0.4, 0.5) is 4.39 Å². The van der Waals surface area contributed by atoms with Gasteiger partial charge in [0.05, 0.1) is 19.8 Å². The molecule has 0 N–H and O–H groups in total. The van der Waals surface area contributed by atoms with Crippen LogP contribution in [0.15, 0.2) is 48.5 Å². The highest BCUT2D eigenvalue weighted by atomic mass is 19.1. The molecule has 1 atom stereocenters. The van der Waals surface area contributed by atoms with Gasteiger partial charge in [-0.25, -0.2) is 4.39 Å². The third kappa shape index (κ3) is 3.74. The minimum absolute atomic E-state index is 0.0530. The van der Waals surface area contributed by atoms with Gasteiger partial charge >= 0.3 is 0 Å². The van der Waals surface area contributed by atoms with E-state index in [9.17, 15) is 9.18 Å². The first-order valence-corrected chi connectivity index (χ1v) is 8.06. The van der Waals surface area contributed by atoms with Crippen molar-refractivity contribution >= 4 is 5.91 Å². The molecular weight excluding hydrogens is 309 g/mol. The topological polar surface area (TPSA) is 38.8 Å². The molecule has 0 aliphatic carbocycles. The van der Waals surface area contributed by atoms with Crippen LogP contribution in [0.1, 0.15) is 28.9 Å². The van der Waals surface area contributed by atoms with Crippen molar-refractivity contribution in [1.82, 2.24) is 4.90 Å². The highest BCUT2D eigenvalue weighted by Crippen LogP contribution is 2.24. The molecule has 1 aliphatic rings. The smallest absolute Gasteiger partial charge is 0.254 e. The Morgan fingerprint density at radius 1 is 1.29 bits per heavy atom. The predicted octanol–water partition coefficient (Wildman–Crippen LogP) is 3.44. The van der Waals surface area contributed by atoms with Crippen LogP contribution in [0.3, 0.4) is 0 Å². The van der Waals surface area contributed by atoms with Gasteiger partial charge < -0.3 is 14.4 Å². The molecular formula is C19H20FNO3. The summed E-state index contributed by atoms with van der Waals surface area (Å²) in [6, 6.07) is 13.4. The molecule has 126 valence electrons. The van der Waals surface area contributed by atoms with Crippen molar-refractivity contribution < 1.29 is 18.7 Å². The van der Waals surface area contributed by atoms with Crippen LogP contribution < -0.4 is 4.74 Å². The summed E-state index contributed by atoms with van der Waals surface area (Å²) in [6.07, 6.45) is -0.305. The Labute approximate surface area is 140 Å². The Hall–Kier alpha value is -2.40. The fraction of sp³-hybridized carbons (Fsp3) is 0.316. The highest BCUT2D eigenvalue weighted by molar-refractivity contribution is 5.94. The highest BCUT2D eigenvalue weighted by Gasteiger charge is 2.26. The third-order valence-electron chi connectivity index (χ3n) is 3.99. The summed E-state index contributed by atoms with van der Waals surface area (Å²) in [5, 5.41) is 0. The molecule has 1 fully saturated rings. The molecule has 2 aromatic rings. The molecule has 24 heavy (non-hydrogen) atoms. The van der Waals surface area contributed by atoms with Crippen LogP contribution in [0.2, 0.25) is 0 Å². The summed E-state index contributed by atoms with van der Waals surface area (Å²) in [6.45, 7) is 3.88. The Bertz CT molecular complexity index is 702. The van der Waals surface area contributed by atoms with Crippen LogP contribution in [-0.2, 0) is 4.74 Å². The van der Waals surface area contributed by atoms with Crippen LogP contribution in [-0.4, -0.2) is 37.1 Å². The van der Waals surface area contributed by atoms with Crippen molar-refractivity contribution in [2.45, 2.75) is 13.0 Å². The minimum Gasteiger partial charge on any atom is -0.494 e. The zero-order valence-electron chi connectivity index (χ0n) is 13.6. The van der Waals surface area contributed by atoms with Gasteiger partial charge in [-0.3, -0.25) is 4.79 Å². The van der Waals surface area contributed by atoms with Gasteiger partial charge in [0.15, 0.2) is 0 Å². The summed E-state index contributed by atoms with van der Waals surface area (Å²) in [7, 11) is 0. The molecule has 0 saturated carbocycles. The van der Waals surface area contributed by atoms with Gasteiger partial charge in [-0.15, -0.1) is 0 Å². The first-order valence-electron chi connectivity index (χ1n) is 8.06.